The fourth-order valence-electron chi connectivity index (χ4n) is 4.95. The minimum absolute atomic E-state index is 0.0122. The molecule has 10 heteroatoms. The van der Waals surface area contributed by atoms with E-state index in [1.165, 1.54) is 11.0 Å². The Morgan fingerprint density at radius 3 is 2.50 bits per heavy atom. The minimum atomic E-state index is -1.25. The number of rotatable bonds is 9. The zero-order valence-electron chi connectivity index (χ0n) is 22.5. The Labute approximate surface area is 255 Å². The van der Waals surface area contributed by atoms with Gasteiger partial charge in [-0.15, -0.1) is 0 Å². The van der Waals surface area contributed by atoms with E-state index >= 15 is 0 Å². The van der Waals surface area contributed by atoms with Gasteiger partial charge in [0.25, 0.3) is 5.91 Å². The van der Waals surface area contributed by atoms with Crippen LogP contribution in [0.5, 0.6) is 5.75 Å². The summed E-state index contributed by atoms with van der Waals surface area (Å²) in [4.78, 5) is 41.7. The number of hydrogen-bond acceptors (Lipinski definition) is 7. The number of benzene rings is 3. The summed E-state index contributed by atoms with van der Waals surface area (Å²) in [6.45, 7) is -0.158. The zero-order chi connectivity index (χ0) is 29.6. The van der Waals surface area contributed by atoms with Crippen LogP contribution in [0.2, 0.25) is 0 Å². The standard InChI is InChI=1S/C32H29IN2O7/c33-24-11-5-7-13-27(24)41-28-18-22(30(38)34-14-15-36)17-25(29(28)37)35(19-20-8-2-1-3-9-20)31(39)23-16-21-10-4-6-12-26(21)42-32(23)40/h1-13,16,18,25,28-29,36-37H,14-15,17,19H2,(H,34,38)/t25-,28+,29+/m1/s1. The zero-order valence-corrected chi connectivity index (χ0v) is 24.6. The third kappa shape index (κ3) is 6.56. The van der Waals surface area contributed by atoms with E-state index in [1.807, 2.05) is 42.5 Å². The van der Waals surface area contributed by atoms with Crippen LogP contribution in [0.25, 0.3) is 11.0 Å². The Hall–Kier alpha value is -4.00. The molecule has 5 rings (SSSR count). The van der Waals surface area contributed by atoms with Crippen molar-refractivity contribution in [1.29, 1.82) is 0 Å². The summed E-state index contributed by atoms with van der Waals surface area (Å²) in [6, 6.07) is 23.9. The molecule has 0 unspecified atom stereocenters. The maximum atomic E-state index is 14.2. The molecule has 216 valence electrons. The summed E-state index contributed by atoms with van der Waals surface area (Å²) < 4.78 is 12.5. The molecule has 1 heterocycles. The Balaban J connectivity index is 1.57. The highest BCUT2D eigenvalue weighted by Crippen LogP contribution is 2.31. The summed E-state index contributed by atoms with van der Waals surface area (Å²) >= 11 is 2.12. The van der Waals surface area contributed by atoms with Gasteiger partial charge in [0.2, 0.25) is 5.91 Å². The van der Waals surface area contributed by atoms with Crippen molar-refractivity contribution in [3.8, 4) is 5.75 Å². The fraction of sp³-hybridized carbons (Fsp3) is 0.219. The first-order valence-corrected chi connectivity index (χ1v) is 14.5. The summed E-state index contributed by atoms with van der Waals surface area (Å²) in [5, 5.41) is 24.2. The second-order valence-corrected chi connectivity index (χ2v) is 11.0. The molecule has 42 heavy (non-hydrogen) atoms. The average Bonchev–Trinajstić information content (AvgIpc) is 3.00. The van der Waals surface area contributed by atoms with Gasteiger partial charge in [0.15, 0.2) is 0 Å². The molecule has 0 spiro atoms. The summed E-state index contributed by atoms with van der Waals surface area (Å²) in [5.41, 5.74) is 0.409. The van der Waals surface area contributed by atoms with E-state index in [-0.39, 0.29) is 37.3 Å². The maximum absolute atomic E-state index is 14.2. The lowest BCUT2D eigenvalue weighted by Gasteiger charge is -2.40. The first kappa shape index (κ1) is 29.5. The second-order valence-electron chi connectivity index (χ2n) is 9.85. The Bertz CT molecular complexity index is 1670. The van der Waals surface area contributed by atoms with Gasteiger partial charge >= 0.3 is 5.63 Å². The minimum Gasteiger partial charge on any atom is -0.482 e. The monoisotopic (exact) mass is 680 g/mol. The van der Waals surface area contributed by atoms with Gasteiger partial charge in [0, 0.05) is 30.5 Å². The number of aliphatic hydroxyl groups excluding tert-OH is 2. The lowest BCUT2D eigenvalue weighted by atomic mass is 9.87. The molecule has 1 aliphatic rings. The van der Waals surface area contributed by atoms with Crippen LogP contribution in [-0.4, -0.2) is 58.3 Å². The number of carbonyl (C=O) groups excluding carboxylic acids is 2. The van der Waals surface area contributed by atoms with E-state index in [9.17, 15) is 24.6 Å². The molecule has 0 saturated heterocycles. The van der Waals surface area contributed by atoms with Crippen molar-refractivity contribution in [3.63, 3.8) is 0 Å². The summed E-state index contributed by atoms with van der Waals surface area (Å²) in [7, 11) is 0. The van der Waals surface area contributed by atoms with Gasteiger partial charge in [-0.3, -0.25) is 9.59 Å². The van der Waals surface area contributed by atoms with Crippen LogP contribution in [0.15, 0.2) is 106 Å². The Kier molecular flexibility index (Phi) is 9.35. The summed E-state index contributed by atoms with van der Waals surface area (Å²) in [6.07, 6.45) is -0.710. The SMILES string of the molecule is O=C(NCCO)C1=C[C@H](Oc2ccccc2I)[C@@H](O)[C@H](N(Cc2ccccc2)C(=O)c2cc3ccccc3oc2=O)C1. The number of para-hydroxylation sites is 2. The molecular formula is C32H29IN2O7. The van der Waals surface area contributed by atoms with Gasteiger partial charge in [0.05, 0.1) is 16.2 Å². The van der Waals surface area contributed by atoms with Gasteiger partial charge in [-0.2, -0.15) is 0 Å². The molecule has 4 aromatic rings. The van der Waals surface area contributed by atoms with Crippen LogP contribution in [0, 0.1) is 3.57 Å². The Morgan fingerprint density at radius 2 is 1.74 bits per heavy atom. The van der Waals surface area contributed by atoms with Gasteiger partial charge in [-0.05, 0) is 58.5 Å². The Morgan fingerprint density at radius 1 is 1.02 bits per heavy atom. The molecule has 0 aliphatic heterocycles. The third-order valence-corrected chi connectivity index (χ3v) is 7.93. The molecule has 9 nitrogen and oxygen atoms in total. The molecule has 3 aromatic carbocycles. The number of carbonyl (C=O) groups is 2. The van der Waals surface area contributed by atoms with Gasteiger partial charge in [-0.1, -0.05) is 60.7 Å². The van der Waals surface area contributed by atoms with E-state index in [0.717, 1.165) is 9.13 Å². The smallest absolute Gasteiger partial charge is 0.349 e. The molecule has 3 N–H and O–H groups in total. The number of nitrogens with one attached hydrogen (secondary N) is 1. The predicted octanol–water partition coefficient (Wildman–Crippen LogP) is 3.66. The van der Waals surface area contributed by atoms with E-state index < -0.39 is 35.7 Å². The van der Waals surface area contributed by atoms with E-state index in [4.69, 9.17) is 9.15 Å². The number of amides is 2. The molecule has 0 saturated carbocycles. The predicted molar refractivity (Wildman–Crippen MR) is 165 cm³/mol. The molecule has 0 fully saturated rings. The number of hydrogen-bond donors (Lipinski definition) is 3. The lowest BCUT2D eigenvalue weighted by Crippen LogP contribution is -2.55. The number of aliphatic hydroxyl groups is 2. The van der Waals surface area contributed by atoms with Crippen molar-refractivity contribution in [2.75, 3.05) is 13.2 Å². The van der Waals surface area contributed by atoms with E-state index in [2.05, 4.69) is 27.9 Å². The summed E-state index contributed by atoms with van der Waals surface area (Å²) in [5.74, 6) is -0.590. The van der Waals surface area contributed by atoms with E-state index in [1.54, 1.807) is 42.5 Å². The van der Waals surface area contributed by atoms with Gasteiger partial charge in [-0.25, -0.2) is 4.79 Å². The van der Waals surface area contributed by atoms with Crippen LogP contribution < -0.4 is 15.7 Å². The number of halogens is 1. The molecule has 3 atom stereocenters. The second kappa shape index (κ2) is 13.3. The first-order valence-electron chi connectivity index (χ1n) is 13.4. The van der Waals surface area contributed by atoms with Crippen molar-refractivity contribution in [2.45, 2.75) is 31.2 Å². The maximum Gasteiger partial charge on any atom is 0.349 e. The number of fused-ring (bicyclic) bond motifs is 1. The largest absolute Gasteiger partial charge is 0.482 e. The van der Waals surface area contributed by atoms with Crippen LogP contribution in [-0.2, 0) is 11.3 Å². The highest BCUT2D eigenvalue weighted by molar-refractivity contribution is 14.1. The normalized spacial score (nSPS) is 18.3. The number of ether oxygens (including phenoxy) is 1. The van der Waals surface area contributed by atoms with E-state index in [0.29, 0.717) is 16.7 Å². The van der Waals surface area contributed by atoms with Crippen molar-refractivity contribution < 1.29 is 29.0 Å². The topological polar surface area (TPSA) is 129 Å². The highest BCUT2D eigenvalue weighted by atomic mass is 127. The first-order chi connectivity index (χ1) is 20.4. The lowest BCUT2D eigenvalue weighted by molar-refractivity contribution is -0.118. The van der Waals surface area contributed by atoms with Crippen LogP contribution in [0.3, 0.4) is 0 Å². The van der Waals surface area contributed by atoms with Crippen LogP contribution in [0.4, 0.5) is 0 Å². The molecular weight excluding hydrogens is 651 g/mol. The van der Waals surface area contributed by atoms with Gasteiger partial charge < -0.3 is 29.6 Å². The molecule has 0 bridgehead atoms. The third-order valence-electron chi connectivity index (χ3n) is 7.04. The van der Waals surface area contributed by atoms with Gasteiger partial charge in [0.1, 0.15) is 29.1 Å². The van der Waals surface area contributed by atoms with Crippen molar-refractivity contribution >= 4 is 45.4 Å². The van der Waals surface area contributed by atoms with Crippen molar-refractivity contribution in [1.82, 2.24) is 10.2 Å². The van der Waals surface area contributed by atoms with Crippen molar-refractivity contribution in [3.05, 3.63) is 122 Å². The van der Waals surface area contributed by atoms with Crippen molar-refractivity contribution in [2.24, 2.45) is 0 Å². The molecule has 2 amide bonds. The molecule has 1 aromatic heterocycles. The fourth-order valence-corrected chi connectivity index (χ4v) is 5.47. The average molecular weight is 680 g/mol. The quantitative estimate of drug-likeness (QED) is 0.182. The molecule has 0 radical (unpaired) electrons. The highest BCUT2D eigenvalue weighted by Gasteiger charge is 2.41. The number of nitrogens with zero attached hydrogens (tertiary/aromatic N) is 1. The van der Waals surface area contributed by atoms with Crippen LogP contribution >= 0.6 is 22.6 Å². The molecule has 1 aliphatic carbocycles. The van der Waals surface area contributed by atoms with Crippen LogP contribution in [0.1, 0.15) is 22.3 Å².